The van der Waals surface area contributed by atoms with Crippen LogP contribution in [0.1, 0.15) is 36.3 Å². The van der Waals surface area contributed by atoms with Crippen molar-refractivity contribution in [2.45, 2.75) is 25.2 Å². The van der Waals surface area contributed by atoms with E-state index in [-0.39, 0.29) is 17.9 Å². The molecule has 0 bridgehead atoms. The highest BCUT2D eigenvalue weighted by Gasteiger charge is 2.44. The molecule has 0 aliphatic heterocycles. The molecule has 0 saturated heterocycles. The highest BCUT2D eigenvalue weighted by atomic mass is 16.3. The summed E-state index contributed by atoms with van der Waals surface area (Å²) in [5.41, 5.74) is 7.46. The SMILES string of the molecule is N#Cc1ccccc1[C@H](CN)C1(CO)CCC1. The molecule has 2 rings (SSSR count). The minimum atomic E-state index is -0.0955. The van der Waals surface area contributed by atoms with E-state index >= 15 is 0 Å². The molecular formula is C14H18N2O. The van der Waals surface area contributed by atoms with Crippen LogP contribution in [0.2, 0.25) is 0 Å². The van der Waals surface area contributed by atoms with E-state index in [0.717, 1.165) is 24.8 Å². The first-order valence-corrected chi connectivity index (χ1v) is 6.07. The molecule has 1 aromatic rings. The quantitative estimate of drug-likeness (QED) is 0.828. The van der Waals surface area contributed by atoms with Crippen LogP contribution in [0.4, 0.5) is 0 Å². The van der Waals surface area contributed by atoms with Crippen LogP contribution in [0.5, 0.6) is 0 Å². The lowest BCUT2D eigenvalue weighted by Crippen LogP contribution is -2.42. The average molecular weight is 230 g/mol. The van der Waals surface area contributed by atoms with Crippen molar-refractivity contribution in [1.82, 2.24) is 0 Å². The summed E-state index contributed by atoms with van der Waals surface area (Å²) < 4.78 is 0. The Kier molecular flexibility index (Phi) is 3.46. The Morgan fingerprint density at radius 1 is 1.41 bits per heavy atom. The molecule has 1 fully saturated rings. The van der Waals surface area contributed by atoms with Gasteiger partial charge in [-0.1, -0.05) is 24.6 Å². The number of hydrogen-bond acceptors (Lipinski definition) is 3. The summed E-state index contributed by atoms with van der Waals surface area (Å²) in [6, 6.07) is 9.80. The predicted octanol–water partition coefficient (Wildman–Crippen LogP) is 1.76. The maximum atomic E-state index is 9.62. The van der Waals surface area contributed by atoms with Crippen molar-refractivity contribution in [2.75, 3.05) is 13.2 Å². The number of rotatable bonds is 4. The number of benzene rings is 1. The zero-order valence-electron chi connectivity index (χ0n) is 9.89. The van der Waals surface area contributed by atoms with Gasteiger partial charge in [0.25, 0.3) is 0 Å². The van der Waals surface area contributed by atoms with E-state index in [2.05, 4.69) is 6.07 Å². The molecule has 3 N–H and O–H groups in total. The second-order valence-corrected chi connectivity index (χ2v) is 4.86. The van der Waals surface area contributed by atoms with E-state index < -0.39 is 0 Å². The molecule has 1 atom stereocenters. The third-order valence-electron chi connectivity index (χ3n) is 4.10. The van der Waals surface area contributed by atoms with Gasteiger partial charge in [-0.05, 0) is 31.0 Å². The van der Waals surface area contributed by atoms with Crippen molar-refractivity contribution in [1.29, 1.82) is 5.26 Å². The monoisotopic (exact) mass is 230 g/mol. The molecule has 0 heterocycles. The third-order valence-corrected chi connectivity index (χ3v) is 4.10. The Morgan fingerprint density at radius 2 is 2.12 bits per heavy atom. The van der Waals surface area contributed by atoms with Crippen LogP contribution in [0.15, 0.2) is 24.3 Å². The molecule has 90 valence electrons. The molecule has 1 aromatic carbocycles. The maximum Gasteiger partial charge on any atom is 0.0994 e. The predicted molar refractivity (Wildman–Crippen MR) is 66.3 cm³/mol. The van der Waals surface area contributed by atoms with Crippen molar-refractivity contribution >= 4 is 0 Å². The first-order valence-electron chi connectivity index (χ1n) is 6.07. The Balaban J connectivity index is 2.39. The lowest BCUT2D eigenvalue weighted by Gasteiger charge is -2.46. The molecule has 3 nitrogen and oxygen atoms in total. The van der Waals surface area contributed by atoms with Crippen LogP contribution in [-0.2, 0) is 0 Å². The van der Waals surface area contributed by atoms with Crippen molar-refractivity contribution in [3.8, 4) is 6.07 Å². The lowest BCUT2D eigenvalue weighted by molar-refractivity contribution is 0.0191. The van der Waals surface area contributed by atoms with E-state index in [1.807, 2.05) is 24.3 Å². The molecule has 0 spiro atoms. The van der Waals surface area contributed by atoms with Crippen LogP contribution in [-0.4, -0.2) is 18.3 Å². The Morgan fingerprint density at radius 3 is 2.59 bits per heavy atom. The fraction of sp³-hybridized carbons (Fsp3) is 0.500. The normalized spacial score (nSPS) is 19.1. The fourth-order valence-corrected chi connectivity index (χ4v) is 2.86. The molecule has 1 aliphatic rings. The lowest BCUT2D eigenvalue weighted by atomic mass is 9.59. The third kappa shape index (κ3) is 1.95. The van der Waals surface area contributed by atoms with Crippen LogP contribution >= 0.6 is 0 Å². The van der Waals surface area contributed by atoms with Gasteiger partial charge in [-0.3, -0.25) is 0 Å². The first kappa shape index (κ1) is 12.1. The molecule has 1 aliphatic carbocycles. The Hall–Kier alpha value is -1.37. The Labute approximate surface area is 102 Å². The van der Waals surface area contributed by atoms with E-state index in [1.165, 1.54) is 0 Å². The van der Waals surface area contributed by atoms with E-state index in [4.69, 9.17) is 11.0 Å². The summed E-state index contributed by atoms with van der Waals surface area (Å²) in [6.07, 6.45) is 3.15. The number of aliphatic hydroxyl groups is 1. The van der Waals surface area contributed by atoms with Crippen LogP contribution < -0.4 is 5.73 Å². The summed E-state index contributed by atoms with van der Waals surface area (Å²) in [5, 5.41) is 18.8. The van der Waals surface area contributed by atoms with Gasteiger partial charge in [-0.25, -0.2) is 0 Å². The molecule has 1 saturated carbocycles. The van der Waals surface area contributed by atoms with Crippen molar-refractivity contribution < 1.29 is 5.11 Å². The van der Waals surface area contributed by atoms with Gasteiger partial charge < -0.3 is 10.8 Å². The van der Waals surface area contributed by atoms with Crippen LogP contribution in [0.3, 0.4) is 0 Å². The van der Waals surface area contributed by atoms with Gasteiger partial charge in [0.15, 0.2) is 0 Å². The number of aliphatic hydroxyl groups excluding tert-OH is 1. The van der Waals surface area contributed by atoms with Gasteiger partial charge in [0, 0.05) is 17.9 Å². The van der Waals surface area contributed by atoms with Gasteiger partial charge in [-0.15, -0.1) is 0 Å². The van der Waals surface area contributed by atoms with Crippen LogP contribution in [0.25, 0.3) is 0 Å². The molecule has 0 unspecified atom stereocenters. The minimum Gasteiger partial charge on any atom is -0.396 e. The largest absolute Gasteiger partial charge is 0.396 e. The number of nitrogens with zero attached hydrogens (tertiary/aromatic N) is 1. The highest BCUT2D eigenvalue weighted by molar-refractivity contribution is 5.41. The second-order valence-electron chi connectivity index (χ2n) is 4.86. The van der Waals surface area contributed by atoms with Gasteiger partial charge in [0.05, 0.1) is 11.6 Å². The summed E-state index contributed by atoms with van der Waals surface area (Å²) in [5.74, 6) is 0.0945. The number of nitriles is 1. The molecule has 3 heteroatoms. The number of nitrogens with two attached hydrogens (primary N) is 1. The standard InChI is InChI=1S/C14H18N2O/c15-8-11-4-1-2-5-12(11)13(9-16)14(10-17)6-3-7-14/h1-2,4-5,13,17H,3,6-7,9-10,16H2/t13-/m0/s1. The minimum absolute atomic E-state index is 0.0945. The van der Waals surface area contributed by atoms with Crippen molar-refractivity contribution in [2.24, 2.45) is 11.1 Å². The second kappa shape index (κ2) is 4.87. The topological polar surface area (TPSA) is 70.0 Å². The molecule has 0 radical (unpaired) electrons. The molecule has 0 amide bonds. The summed E-state index contributed by atoms with van der Waals surface area (Å²) in [4.78, 5) is 0. The summed E-state index contributed by atoms with van der Waals surface area (Å²) in [6.45, 7) is 0.647. The zero-order chi connectivity index (χ0) is 12.3. The van der Waals surface area contributed by atoms with E-state index in [1.54, 1.807) is 0 Å². The van der Waals surface area contributed by atoms with E-state index in [9.17, 15) is 5.11 Å². The van der Waals surface area contributed by atoms with Gasteiger partial charge in [-0.2, -0.15) is 5.26 Å². The van der Waals surface area contributed by atoms with Crippen LogP contribution in [0, 0.1) is 16.7 Å². The summed E-state index contributed by atoms with van der Waals surface area (Å²) >= 11 is 0. The summed E-state index contributed by atoms with van der Waals surface area (Å²) in [7, 11) is 0. The Bertz CT molecular complexity index is 427. The highest BCUT2D eigenvalue weighted by Crippen LogP contribution is 2.51. The van der Waals surface area contributed by atoms with Gasteiger partial charge in [0.2, 0.25) is 0 Å². The maximum absolute atomic E-state index is 9.62. The average Bonchev–Trinajstić information content (AvgIpc) is 2.33. The van der Waals surface area contributed by atoms with Gasteiger partial charge >= 0.3 is 0 Å². The van der Waals surface area contributed by atoms with Crippen molar-refractivity contribution in [3.63, 3.8) is 0 Å². The van der Waals surface area contributed by atoms with E-state index in [0.29, 0.717) is 12.1 Å². The molecule has 17 heavy (non-hydrogen) atoms. The smallest absolute Gasteiger partial charge is 0.0994 e. The van der Waals surface area contributed by atoms with Gasteiger partial charge in [0.1, 0.15) is 0 Å². The molecular weight excluding hydrogens is 212 g/mol. The zero-order valence-corrected chi connectivity index (χ0v) is 9.89. The first-order chi connectivity index (χ1) is 8.27. The molecule has 0 aromatic heterocycles. The van der Waals surface area contributed by atoms with Crippen molar-refractivity contribution in [3.05, 3.63) is 35.4 Å². The fourth-order valence-electron chi connectivity index (χ4n) is 2.86. The number of hydrogen-bond donors (Lipinski definition) is 2.